The van der Waals surface area contributed by atoms with Gasteiger partial charge in [-0.15, -0.1) is 0 Å². The first-order chi connectivity index (χ1) is 13.3. The maximum Gasteiger partial charge on any atom is 0.319 e. The molecule has 2 aromatic heterocycles. The average Bonchev–Trinajstić information content (AvgIpc) is 3.00. The Morgan fingerprint density at radius 1 is 1.32 bits per heavy atom. The first-order valence-corrected chi connectivity index (χ1v) is 8.71. The second-order valence-electron chi connectivity index (χ2n) is 6.22. The zero-order valence-electron chi connectivity index (χ0n) is 15.1. The molecule has 0 radical (unpaired) electrons. The topological polar surface area (TPSA) is 82.3 Å². The van der Waals surface area contributed by atoms with E-state index in [1.54, 1.807) is 0 Å². The molecule has 0 spiro atoms. The van der Waals surface area contributed by atoms with Crippen LogP contribution in [0, 0.1) is 11.6 Å². The number of nitrogens with one attached hydrogen (secondary N) is 3. The van der Waals surface area contributed by atoms with Gasteiger partial charge in [0.2, 0.25) is 0 Å². The van der Waals surface area contributed by atoms with Gasteiger partial charge < -0.3 is 25.3 Å². The van der Waals surface area contributed by atoms with Crippen LogP contribution in [0.15, 0.2) is 30.6 Å². The number of urea groups is 1. The number of rotatable bonds is 6. The zero-order valence-corrected chi connectivity index (χ0v) is 15.9. The van der Waals surface area contributed by atoms with Crippen LogP contribution in [0.5, 0.6) is 11.5 Å². The summed E-state index contributed by atoms with van der Waals surface area (Å²) in [4.78, 5) is 20.6. The second kappa shape index (κ2) is 8.41. The van der Waals surface area contributed by atoms with Crippen LogP contribution in [-0.2, 0) is 0 Å². The van der Waals surface area contributed by atoms with Gasteiger partial charge in [0.1, 0.15) is 11.4 Å². The number of aromatic nitrogens is 2. The molecule has 2 amide bonds. The van der Waals surface area contributed by atoms with E-state index in [9.17, 15) is 13.6 Å². The molecule has 3 N–H and O–H groups in total. The third kappa shape index (κ3) is 4.49. The van der Waals surface area contributed by atoms with Crippen molar-refractivity contribution >= 4 is 34.4 Å². The summed E-state index contributed by atoms with van der Waals surface area (Å²) >= 11 is 6.07. The summed E-state index contributed by atoms with van der Waals surface area (Å²) in [5.41, 5.74) is 0.389. The Labute approximate surface area is 164 Å². The van der Waals surface area contributed by atoms with E-state index in [-0.39, 0.29) is 11.4 Å². The first kappa shape index (κ1) is 19.8. The van der Waals surface area contributed by atoms with Crippen LogP contribution in [0.25, 0.3) is 11.0 Å². The summed E-state index contributed by atoms with van der Waals surface area (Å²) in [6, 6.07) is 2.83. The lowest BCUT2D eigenvalue weighted by Gasteiger charge is -2.13. The number of aromatic amines is 1. The molecule has 3 rings (SSSR count). The molecule has 1 aromatic carbocycles. The van der Waals surface area contributed by atoms with Gasteiger partial charge in [0.25, 0.3) is 0 Å². The Hall–Kier alpha value is -2.91. The van der Waals surface area contributed by atoms with Gasteiger partial charge >= 0.3 is 6.03 Å². The number of likely N-dealkylation sites (N-methyl/N-ethyl adjacent to an activating group) is 1. The Morgan fingerprint density at radius 2 is 2.04 bits per heavy atom. The highest BCUT2D eigenvalue weighted by atomic mass is 35.5. The number of amides is 2. The van der Waals surface area contributed by atoms with Gasteiger partial charge in [0, 0.05) is 43.3 Å². The molecule has 7 nitrogen and oxygen atoms in total. The Morgan fingerprint density at radius 3 is 2.71 bits per heavy atom. The highest BCUT2D eigenvalue weighted by molar-refractivity contribution is 6.36. The van der Waals surface area contributed by atoms with Crippen molar-refractivity contribution in [3.05, 3.63) is 47.2 Å². The van der Waals surface area contributed by atoms with E-state index >= 15 is 0 Å². The number of anilines is 1. The van der Waals surface area contributed by atoms with Crippen LogP contribution < -0.4 is 15.4 Å². The van der Waals surface area contributed by atoms with Crippen LogP contribution >= 0.6 is 11.6 Å². The summed E-state index contributed by atoms with van der Waals surface area (Å²) in [6.07, 6.45) is 2.93. The zero-order chi connectivity index (χ0) is 20.3. The van der Waals surface area contributed by atoms with Crippen molar-refractivity contribution in [3.8, 4) is 11.5 Å². The van der Waals surface area contributed by atoms with E-state index in [4.69, 9.17) is 16.3 Å². The van der Waals surface area contributed by atoms with E-state index in [1.165, 1.54) is 18.5 Å². The maximum atomic E-state index is 14.4. The van der Waals surface area contributed by atoms with Gasteiger partial charge in [-0.3, -0.25) is 0 Å². The fourth-order valence-corrected chi connectivity index (χ4v) is 2.72. The number of benzene rings is 1. The molecule has 0 aliphatic carbocycles. The monoisotopic (exact) mass is 409 g/mol. The third-order valence-corrected chi connectivity index (χ3v) is 4.10. The van der Waals surface area contributed by atoms with Crippen molar-refractivity contribution in [3.63, 3.8) is 0 Å². The molecule has 0 fully saturated rings. The number of H-pyrrole nitrogens is 1. The van der Waals surface area contributed by atoms with Crippen molar-refractivity contribution in [2.75, 3.05) is 32.5 Å². The molecule has 28 heavy (non-hydrogen) atoms. The highest BCUT2D eigenvalue weighted by Crippen LogP contribution is 2.36. The van der Waals surface area contributed by atoms with E-state index in [0.29, 0.717) is 29.1 Å². The fourth-order valence-electron chi connectivity index (χ4n) is 2.48. The smallest absolute Gasteiger partial charge is 0.319 e. The minimum absolute atomic E-state index is 0.0377. The minimum atomic E-state index is -0.972. The molecule has 10 heteroatoms. The van der Waals surface area contributed by atoms with Crippen LogP contribution in [0.3, 0.4) is 0 Å². The van der Waals surface area contributed by atoms with E-state index in [1.807, 2.05) is 19.0 Å². The maximum absolute atomic E-state index is 14.4. The van der Waals surface area contributed by atoms with E-state index < -0.39 is 23.4 Å². The van der Waals surface area contributed by atoms with Crippen molar-refractivity contribution in [1.82, 2.24) is 20.2 Å². The molecule has 0 unspecified atom stereocenters. The minimum Gasteiger partial charge on any atom is -0.450 e. The summed E-state index contributed by atoms with van der Waals surface area (Å²) in [6.45, 7) is 1.02. The number of nitrogens with zero attached hydrogens (tertiary/aromatic N) is 2. The Balaban J connectivity index is 1.77. The van der Waals surface area contributed by atoms with Gasteiger partial charge in [0.05, 0.1) is 10.4 Å². The van der Waals surface area contributed by atoms with Gasteiger partial charge in [-0.2, -0.15) is 0 Å². The number of hydrogen-bond donors (Lipinski definition) is 3. The lowest BCUT2D eigenvalue weighted by Crippen LogP contribution is -2.34. The van der Waals surface area contributed by atoms with Crippen LogP contribution in [0.4, 0.5) is 19.3 Å². The number of carbonyl (C=O) groups excluding carboxylic acids is 1. The molecule has 3 aromatic rings. The molecule has 2 heterocycles. The number of fused-ring (bicyclic) bond motifs is 1. The molecular weight excluding hydrogens is 392 g/mol. The predicted octanol–water partition coefficient (Wildman–Crippen LogP) is 3.97. The molecule has 0 saturated heterocycles. The first-order valence-electron chi connectivity index (χ1n) is 8.33. The van der Waals surface area contributed by atoms with Gasteiger partial charge in [0.15, 0.2) is 17.4 Å². The van der Waals surface area contributed by atoms with Crippen LogP contribution in [-0.4, -0.2) is 48.1 Å². The van der Waals surface area contributed by atoms with Gasteiger partial charge in [-0.05, 0) is 20.2 Å². The standard InChI is InChI=1S/C18H18ClF2N5O2/c1-26(2)6-5-23-18(27)25-10-7-12(20)16(13(21)8-10)28-14-3-4-22-17-15(14)11(19)9-24-17/h3-4,7-9H,5-6H2,1-2H3,(H,22,24)(H2,23,25,27). The lowest BCUT2D eigenvalue weighted by molar-refractivity contribution is 0.250. The molecule has 0 aliphatic rings. The molecule has 0 atom stereocenters. The van der Waals surface area contributed by atoms with Crippen molar-refractivity contribution in [1.29, 1.82) is 0 Å². The van der Waals surface area contributed by atoms with Crippen molar-refractivity contribution in [2.24, 2.45) is 0 Å². The quantitative estimate of drug-likeness (QED) is 0.575. The molecule has 0 bridgehead atoms. The summed E-state index contributed by atoms with van der Waals surface area (Å²) in [5.74, 6) is -2.40. The summed E-state index contributed by atoms with van der Waals surface area (Å²) in [5, 5.41) is 5.69. The third-order valence-electron chi connectivity index (χ3n) is 3.80. The van der Waals surface area contributed by atoms with Gasteiger partial charge in [-0.25, -0.2) is 18.6 Å². The predicted molar refractivity (Wildman–Crippen MR) is 103 cm³/mol. The Kier molecular flexibility index (Phi) is 5.96. The van der Waals surface area contributed by atoms with Crippen molar-refractivity contribution < 1.29 is 18.3 Å². The second-order valence-corrected chi connectivity index (χ2v) is 6.63. The number of ether oxygens (including phenoxy) is 1. The molecule has 148 valence electrons. The molecular formula is C18H18ClF2N5O2. The lowest BCUT2D eigenvalue weighted by atomic mass is 10.2. The highest BCUT2D eigenvalue weighted by Gasteiger charge is 2.18. The number of carbonyl (C=O) groups is 1. The normalized spacial score (nSPS) is 11.1. The summed E-state index contributed by atoms with van der Waals surface area (Å²) < 4.78 is 34.3. The molecule has 0 aliphatic heterocycles. The number of hydrogen-bond acceptors (Lipinski definition) is 4. The van der Waals surface area contributed by atoms with E-state index in [0.717, 1.165) is 12.1 Å². The Bertz CT molecular complexity index is 986. The van der Waals surface area contributed by atoms with Crippen molar-refractivity contribution in [2.45, 2.75) is 0 Å². The van der Waals surface area contributed by atoms with Crippen LogP contribution in [0.2, 0.25) is 5.02 Å². The van der Waals surface area contributed by atoms with E-state index in [2.05, 4.69) is 20.6 Å². The van der Waals surface area contributed by atoms with Gasteiger partial charge in [-0.1, -0.05) is 11.6 Å². The number of pyridine rings is 1. The largest absolute Gasteiger partial charge is 0.450 e. The summed E-state index contributed by atoms with van der Waals surface area (Å²) in [7, 11) is 3.72. The average molecular weight is 410 g/mol. The fraction of sp³-hybridized carbons (Fsp3) is 0.222. The molecule has 0 saturated carbocycles. The number of halogens is 3. The SMILES string of the molecule is CN(C)CCNC(=O)Nc1cc(F)c(Oc2ccnc3[nH]cc(Cl)c23)c(F)c1. The van der Waals surface area contributed by atoms with Crippen LogP contribution in [0.1, 0.15) is 0 Å².